The Labute approximate surface area is 114 Å². The van der Waals surface area contributed by atoms with Crippen LogP contribution < -0.4 is 10.1 Å². The number of hydrogen-bond donors (Lipinski definition) is 2. The molecule has 2 aromatic rings. The number of aliphatic carboxylic acids is 1. The van der Waals surface area contributed by atoms with Gasteiger partial charge in [0.2, 0.25) is 5.88 Å². The Morgan fingerprint density at radius 2 is 2.30 bits per heavy atom. The van der Waals surface area contributed by atoms with Gasteiger partial charge in [-0.05, 0) is 6.92 Å². The Morgan fingerprint density at radius 3 is 3.00 bits per heavy atom. The van der Waals surface area contributed by atoms with E-state index >= 15 is 0 Å². The Balaban J connectivity index is 1.99. The van der Waals surface area contributed by atoms with E-state index in [9.17, 15) is 4.79 Å². The second-order valence-corrected chi connectivity index (χ2v) is 4.00. The number of rotatable bonds is 6. The molecular formula is C11H14N6O3. The topological polar surface area (TPSA) is 115 Å². The Hall–Kier alpha value is -2.71. The van der Waals surface area contributed by atoms with Crippen molar-refractivity contribution in [1.82, 2.24) is 25.0 Å². The van der Waals surface area contributed by atoms with Crippen molar-refractivity contribution in [3.05, 3.63) is 23.8 Å². The van der Waals surface area contributed by atoms with Gasteiger partial charge in [-0.2, -0.15) is 4.98 Å². The molecule has 2 heterocycles. The predicted molar refractivity (Wildman–Crippen MR) is 68.3 cm³/mol. The number of methoxy groups -OCH3 is 1. The van der Waals surface area contributed by atoms with Crippen LogP contribution in [0.25, 0.3) is 0 Å². The predicted octanol–water partition coefficient (Wildman–Crippen LogP) is 0.0818. The number of carboxylic acid groups (broad SMARTS) is 1. The first-order chi connectivity index (χ1) is 9.56. The van der Waals surface area contributed by atoms with Gasteiger partial charge >= 0.3 is 5.97 Å². The van der Waals surface area contributed by atoms with Gasteiger partial charge in [-0.25, -0.2) is 9.67 Å². The molecule has 0 saturated heterocycles. The number of anilines is 1. The lowest BCUT2D eigenvalue weighted by molar-refractivity contribution is -0.137. The third-order valence-corrected chi connectivity index (χ3v) is 2.36. The molecule has 0 spiro atoms. The molecule has 0 aromatic carbocycles. The number of hydrogen-bond acceptors (Lipinski definition) is 7. The second kappa shape index (κ2) is 5.95. The Bertz CT molecular complexity index is 612. The summed E-state index contributed by atoms with van der Waals surface area (Å²) in [6, 6.07) is 1.66. The van der Waals surface area contributed by atoms with Gasteiger partial charge < -0.3 is 15.2 Å². The number of ether oxygens (including phenoxy) is 1. The zero-order chi connectivity index (χ0) is 14.5. The molecule has 2 rings (SSSR count). The highest BCUT2D eigenvalue weighted by Crippen LogP contribution is 2.13. The van der Waals surface area contributed by atoms with E-state index in [1.54, 1.807) is 19.2 Å². The van der Waals surface area contributed by atoms with Crippen LogP contribution in [-0.2, 0) is 17.9 Å². The molecule has 2 aromatic heterocycles. The van der Waals surface area contributed by atoms with Crippen molar-refractivity contribution in [2.45, 2.75) is 20.0 Å². The zero-order valence-corrected chi connectivity index (χ0v) is 11.1. The van der Waals surface area contributed by atoms with Crippen LogP contribution >= 0.6 is 0 Å². The minimum Gasteiger partial charge on any atom is -0.481 e. The number of carbonyl (C=O) groups is 1. The standard InChI is InChI=1S/C11H14N6O3/c1-7-13-9(3-10(14-7)20-2)12-4-8-5-17(16-15-8)6-11(18)19/h3,5H,4,6H2,1-2H3,(H,18,19)(H,12,13,14). The molecular weight excluding hydrogens is 264 g/mol. The van der Waals surface area contributed by atoms with Crippen molar-refractivity contribution in [1.29, 1.82) is 0 Å². The summed E-state index contributed by atoms with van der Waals surface area (Å²) < 4.78 is 6.30. The number of aryl methyl sites for hydroxylation is 1. The highest BCUT2D eigenvalue weighted by atomic mass is 16.5. The van der Waals surface area contributed by atoms with Gasteiger partial charge in [0.25, 0.3) is 0 Å². The lowest BCUT2D eigenvalue weighted by Gasteiger charge is -2.06. The van der Waals surface area contributed by atoms with E-state index in [1.807, 2.05) is 0 Å². The lowest BCUT2D eigenvalue weighted by Crippen LogP contribution is -2.09. The van der Waals surface area contributed by atoms with Gasteiger partial charge in [-0.1, -0.05) is 5.21 Å². The maximum atomic E-state index is 10.5. The molecule has 9 nitrogen and oxygen atoms in total. The molecule has 106 valence electrons. The first-order valence-corrected chi connectivity index (χ1v) is 5.81. The van der Waals surface area contributed by atoms with Crippen molar-refractivity contribution in [3.63, 3.8) is 0 Å². The van der Waals surface area contributed by atoms with E-state index in [2.05, 4.69) is 25.6 Å². The van der Waals surface area contributed by atoms with Crippen molar-refractivity contribution in [2.24, 2.45) is 0 Å². The molecule has 9 heteroatoms. The van der Waals surface area contributed by atoms with Crippen molar-refractivity contribution in [3.8, 4) is 5.88 Å². The maximum absolute atomic E-state index is 10.5. The van der Waals surface area contributed by atoms with E-state index in [-0.39, 0.29) is 6.54 Å². The number of nitrogens with zero attached hydrogens (tertiary/aromatic N) is 5. The Morgan fingerprint density at radius 1 is 1.50 bits per heavy atom. The van der Waals surface area contributed by atoms with Gasteiger partial charge in [0.05, 0.1) is 19.9 Å². The molecule has 0 aliphatic heterocycles. The molecule has 0 aliphatic rings. The van der Waals surface area contributed by atoms with Gasteiger partial charge in [-0.3, -0.25) is 4.79 Å². The summed E-state index contributed by atoms with van der Waals surface area (Å²) in [5.41, 5.74) is 0.612. The smallest absolute Gasteiger partial charge is 0.325 e. The van der Waals surface area contributed by atoms with Gasteiger partial charge in [0, 0.05) is 6.07 Å². The zero-order valence-electron chi connectivity index (χ0n) is 11.1. The SMILES string of the molecule is COc1cc(NCc2cn(CC(=O)O)nn2)nc(C)n1. The molecule has 0 radical (unpaired) electrons. The van der Waals surface area contributed by atoms with Crippen LogP contribution in [0.3, 0.4) is 0 Å². The molecule has 0 atom stereocenters. The van der Waals surface area contributed by atoms with Crippen LogP contribution in [0.4, 0.5) is 5.82 Å². The monoisotopic (exact) mass is 278 g/mol. The van der Waals surface area contributed by atoms with Crippen LogP contribution in [0.1, 0.15) is 11.5 Å². The first kappa shape index (κ1) is 13.7. The fraction of sp³-hybridized carbons (Fsp3) is 0.364. The van der Waals surface area contributed by atoms with Crippen molar-refractivity contribution in [2.75, 3.05) is 12.4 Å². The lowest BCUT2D eigenvalue weighted by atomic mass is 10.4. The van der Waals surface area contributed by atoms with Crippen LogP contribution in [-0.4, -0.2) is 43.1 Å². The third-order valence-electron chi connectivity index (χ3n) is 2.36. The molecule has 20 heavy (non-hydrogen) atoms. The maximum Gasteiger partial charge on any atom is 0.325 e. The van der Waals surface area contributed by atoms with Crippen LogP contribution in [0, 0.1) is 6.92 Å². The van der Waals surface area contributed by atoms with Gasteiger partial charge in [-0.15, -0.1) is 5.10 Å². The van der Waals surface area contributed by atoms with Crippen LogP contribution in [0.15, 0.2) is 12.3 Å². The molecule has 0 saturated carbocycles. The molecule has 0 unspecified atom stereocenters. The molecule has 0 bridgehead atoms. The van der Waals surface area contributed by atoms with Crippen molar-refractivity contribution >= 4 is 11.8 Å². The van der Waals surface area contributed by atoms with E-state index in [0.29, 0.717) is 29.8 Å². The quantitative estimate of drug-likeness (QED) is 0.763. The van der Waals surface area contributed by atoms with Gasteiger partial charge in [0.15, 0.2) is 0 Å². The van der Waals surface area contributed by atoms with Crippen LogP contribution in [0.5, 0.6) is 5.88 Å². The summed E-state index contributed by atoms with van der Waals surface area (Å²) in [6.45, 7) is 1.92. The van der Waals surface area contributed by atoms with Crippen LogP contribution in [0.2, 0.25) is 0 Å². The third kappa shape index (κ3) is 3.64. The molecule has 0 fully saturated rings. The minimum atomic E-state index is -0.967. The molecule has 0 amide bonds. The first-order valence-electron chi connectivity index (χ1n) is 5.81. The summed E-state index contributed by atoms with van der Waals surface area (Å²) in [6.07, 6.45) is 1.56. The number of aromatic nitrogens is 5. The summed E-state index contributed by atoms with van der Waals surface area (Å²) in [4.78, 5) is 18.8. The molecule has 2 N–H and O–H groups in total. The average Bonchev–Trinajstić information content (AvgIpc) is 2.82. The summed E-state index contributed by atoms with van der Waals surface area (Å²) in [5, 5.41) is 19.3. The highest BCUT2D eigenvalue weighted by molar-refractivity contribution is 5.66. The van der Waals surface area contributed by atoms with E-state index in [4.69, 9.17) is 9.84 Å². The summed E-state index contributed by atoms with van der Waals surface area (Å²) >= 11 is 0. The van der Waals surface area contributed by atoms with Gasteiger partial charge in [0.1, 0.15) is 23.9 Å². The largest absolute Gasteiger partial charge is 0.481 e. The summed E-state index contributed by atoms with van der Waals surface area (Å²) in [7, 11) is 1.53. The summed E-state index contributed by atoms with van der Waals surface area (Å²) in [5.74, 6) is 0.684. The second-order valence-electron chi connectivity index (χ2n) is 4.00. The minimum absolute atomic E-state index is 0.215. The van der Waals surface area contributed by atoms with E-state index in [1.165, 1.54) is 11.8 Å². The fourth-order valence-corrected chi connectivity index (χ4v) is 1.55. The number of nitrogens with one attached hydrogen (secondary N) is 1. The fourth-order valence-electron chi connectivity index (χ4n) is 1.55. The Kier molecular flexibility index (Phi) is 4.08. The van der Waals surface area contributed by atoms with E-state index < -0.39 is 5.97 Å². The molecule has 0 aliphatic carbocycles. The normalized spacial score (nSPS) is 10.3. The van der Waals surface area contributed by atoms with E-state index in [0.717, 1.165) is 0 Å². The highest BCUT2D eigenvalue weighted by Gasteiger charge is 2.06. The average molecular weight is 278 g/mol. The van der Waals surface area contributed by atoms with Crippen molar-refractivity contribution < 1.29 is 14.6 Å². The number of carboxylic acids is 1.